The van der Waals surface area contributed by atoms with Gasteiger partial charge in [-0.2, -0.15) is 8.42 Å². The van der Waals surface area contributed by atoms with Crippen LogP contribution in [-0.4, -0.2) is 26.6 Å². The Bertz CT molecular complexity index is 752. The summed E-state index contributed by atoms with van der Waals surface area (Å²) in [5.41, 5.74) is 0.162. The minimum Gasteiger partial charge on any atom is -0.495 e. The summed E-state index contributed by atoms with van der Waals surface area (Å²) in [5, 5.41) is 8.59. The molecule has 0 amide bonds. The normalized spacial score (nSPS) is 11.1. The second kappa shape index (κ2) is 6.04. The summed E-state index contributed by atoms with van der Waals surface area (Å²) >= 11 is 0. The third kappa shape index (κ3) is 2.94. The van der Waals surface area contributed by atoms with Gasteiger partial charge in [-0.25, -0.2) is 5.26 Å². The highest BCUT2D eigenvalue weighted by Gasteiger charge is 2.28. The summed E-state index contributed by atoms with van der Waals surface area (Å²) < 4.78 is 32.1. The minimum absolute atomic E-state index is 0.0918. The Morgan fingerprint density at radius 1 is 1.05 bits per heavy atom. The van der Waals surface area contributed by atoms with Gasteiger partial charge in [0.25, 0.3) is 0 Å². The summed E-state index contributed by atoms with van der Waals surface area (Å²) in [5.74, 6) is -0.615. The van der Waals surface area contributed by atoms with Crippen molar-refractivity contribution in [2.75, 3.05) is 7.11 Å². The minimum atomic E-state index is -4.51. The van der Waals surface area contributed by atoms with E-state index < -0.39 is 20.8 Å². The Hall–Kier alpha value is -2.22. The van der Waals surface area contributed by atoms with Crippen molar-refractivity contribution in [1.82, 2.24) is 0 Å². The molecule has 21 heavy (non-hydrogen) atoms. The predicted octanol–water partition coefficient (Wildman–Crippen LogP) is 2.10. The van der Waals surface area contributed by atoms with Crippen LogP contribution in [0.4, 0.5) is 0 Å². The second-order valence-electron chi connectivity index (χ2n) is 4.06. The second-order valence-corrected chi connectivity index (χ2v) is 5.53. The third-order valence-electron chi connectivity index (χ3n) is 2.83. The highest BCUT2D eigenvalue weighted by molar-refractivity contribution is 7.86. The van der Waals surface area contributed by atoms with Gasteiger partial charge in [0.1, 0.15) is 10.6 Å². The fourth-order valence-electron chi connectivity index (χ4n) is 1.90. The lowest BCUT2D eigenvalue weighted by molar-refractivity contribution is -0.130. The third-order valence-corrected chi connectivity index (χ3v) is 3.94. The number of carbonyl (C=O) groups excluding carboxylic acids is 1. The van der Waals surface area contributed by atoms with Crippen LogP contribution in [0.2, 0.25) is 0 Å². The van der Waals surface area contributed by atoms with E-state index in [1.54, 1.807) is 30.3 Å². The molecule has 0 saturated carbocycles. The van der Waals surface area contributed by atoms with E-state index in [9.17, 15) is 13.2 Å². The van der Waals surface area contributed by atoms with Crippen molar-refractivity contribution in [3.63, 3.8) is 0 Å². The molecule has 1 N–H and O–H groups in total. The van der Waals surface area contributed by atoms with Crippen LogP contribution >= 0.6 is 0 Å². The first-order valence-corrected chi connectivity index (χ1v) is 7.27. The summed E-state index contributed by atoms with van der Waals surface area (Å²) in [6.07, 6.45) is 0. The monoisotopic (exact) mass is 308 g/mol. The van der Waals surface area contributed by atoms with Gasteiger partial charge >= 0.3 is 10.1 Å². The fraction of sp³-hybridized carbons (Fsp3) is 0.0714. The van der Waals surface area contributed by atoms with Gasteiger partial charge in [-0.3, -0.25) is 4.79 Å². The van der Waals surface area contributed by atoms with E-state index in [0.29, 0.717) is 5.56 Å². The number of hydrogen-bond donors (Lipinski definition) is 1. The number of rotatable bonds is 5. The first-order valence-electron chi connectivity index (χ1n) is 5.86. The lowest BCUT2D eigenvalue weighted by Gasteiger charge is -2.11. The SMILES string of the molecule is COc1cccc(C(=O)c2ccccc2)c1S(=O)(=O)OO. The van der Waals surface area contributed by atoms with Gasteiger partial charge in [0.2, 0.25) is 0 Å². The maximum Gasteiger partial charge on any atom is 0.327 e. The van der Waals surface area contributed by atoms with Crippen LogP contribution in [-0.2, 0) is 14.5 Å². The quantitative estimate of drug-likeness (QED) is 0.517. The zero-order valence-corrected chi connectivity index (χ0v) is 11.8. The number of methoxy groups -OCH3 is 1. The largest absolute Gasteiger partial charge is 0.495 e. The van der Waals surface area contributed by atoms with Crippen molar-refractivity contribution in [1.29, 1.82) is 0 Å². The molecule has 0 fully saturated rings. The van der Waals surface area contributed by atoms with Crippen LogP contribution in [0.1, 0.15) is 15.9 Å². The molecule has 0 radical (unpaired) electrons. The average molecular weight is 308 g/mol. The van der Waals surface area contributed by atoms with Gasteiger partial charge in [-0.15, -0.1) is 4.33 Å². The molecule has 110 valence electrons. The van der Waals surface area contributed by atoms with E-state index in [-0.39, 0.29) is 11.3 Å². The maximum atomic E-state index is 12.4. The van der Waals surface area contributed by atoms with Crippen LogP contribution in [0, 0.1) is 0 Å². The van der Waals surface area contributed by atoms with Crippen molar-refractivity contribution in [2.45, 2.75) is 4.90 Å². The molecule has 0 saturated heterocycles. The van der Waals surface area contributed by atoms with Crippen LogP contribution in [0.3, 0.4) is 0 Å². The molecule has 6 nitrogen and oxygen atoms in total. The fourth-order valence-corrected chi connectivity index (χ4v) is 2.80. The molecule has 0 aliphatic rings. The van der Waals surface area contributed by atoms with E-state index >= 15 is 0 Å². The Kier molecular flexibility index (Phi) is 4.37. The van der Waals surface area contributed by atoms with E-state index in [4.69, 9.17) is 9.99 Å². The zero-order valence-electron chi connectivity index (χ0n) is 11.0. The highest BCUT2D eigenvalue weighted by atomic mass is 32.2. The number of benzene rings is 2. The van der Waals surface area contributed by atoms with Gasteiger partial charge in [0, 0.05) is 11.1 Å². The van der Waals surface area contributed by atoms with Crippen molar-refractivity contribution >= 4 is 15.9 Å². The molecule has 0 heterocycles. The molecule has 0 atom stereocenters. The Morgan fingerprint density at radius 2 is 1.71 bits per heavy atom. The molecule has 0 aliphatic carbocycles. The molecular formula is C14H12O6S. The molecule has 2 aromatic carbocycles. The van der Waals surface area contributed by atoms with Crippen molar-refractivity contribution in [3.8, 4) is 5.75 Å². The van der Waals surface area contributed by atoms with Gasteiger partial charge in [0.05, 0.1) is 7.11 Å². The van der Waals surface area contributed by atoms with Crippen molar-refractivity contribution in [2.24, 2.45) is 0 Å². The summed E-state index contributed by atoms with van der Waals surface area (Å²) in [7, 11) is -3.26. The van der Waals surface area contributed by atoms with E-state index in [0.717, 1.165) is 0 Å². The van der Waals surface area contributed by atoms with E-state index in [1.165, 1.54) is 25.3 Å². The van der Waals surface area contributed by atoms with Crippen molar-refractivity contribution < 1.29 is 27.5 Å². The van der Waals surface area contributed by atoms with Gasteiger partial charge in [0.15, 0.2) is 5.78 Å². The van der Waals surface area contributed by atoms with Gasteiger partial charge in [-0.05, 0) is 12.1 Å². The summed E-state index contributed by atoms with van der Waals surface area (Å²) in [6.45, 7) is 0. The van der Waals surface area contributed by atoms with Gasteiger partial charge < -0.3 is 4.74 Å². The molecule has 0 bridgehead atoms. The molecule has 0 aromatic heterocycles. The molecule has 7 heteroatoms. The van der Waals surface area contributed by atoms with Gasteiger partial charge in [-0.1, -0.05) is 36.4 Å². The number of carbonyl (C=O) groups is 1. The topological polar surface area (TPSA) is 89.9 Å². The smallest absolute Gasteiger partial charge is 0.327 e. The Labute approximate surface area is 121 Å². The van der Waals surface area contributed by atoms with E-state index in [2.05, 4.69) is 4.33 Å². The maximum absolute atomic E-state index is 12.4. The predicted molar refractivity (Wildman–Crippen MR) is 73.8 cm³/mol. The van der Waals surface area contributed by atoms with Crippen LogP contribution in [0.25, 0.3) is 0 Å². The lowest BCUT2D eigenvalue weighted by Crippen LogP contribution is -2.13. The van der Waals surface area contributed by atoms with Crippen LogP contribution in [0.5, 0.6) is 5.75 Å². The number of ketones is 1. The molecular weight excluding hydrogens is 296 g/mol. The Balaban J connectivity index is 2.68. The number of ether oxygens (including phenoxy) is 1. The van der Waals surface area contributed by atoms with E-state index in [1.807, 2.05) is 0 Å². The standard InChI is InChI=1S/C14H12O6S/c1-19-12-9-5-8-11(14(12)21(17,18)20-16)13(15)10-6-3-2-4-7-10/h2-9,16H,1H3. The Morgan fingerprint density at radius 3 is 2.29 bits per heavy atom. The molecule has 0 spiro atoms. The first-order chi connectivity index (χ1) is 10.0. The van der Waals surface area contributed by atoms with Crippen LogP contribution < -0.4 is 4.74 Å². The molecule has 2 rings (SSSR count). The molecule has 0 unspecified atom stereocenters. The summed E-state index contributed by atoms with van der Waals surface area (Å²) in [4.78, 5) is 11.9. The average Bonchev–Trinajstić information content (AvgIpc) is 2.54. The zero-order chi connectivity index (χ0) is 15.5. The lowest BCUT2D eigenvalue weighted by atomic mass is 10.0. The molecule has 0 aliphatic heterocycles. The van der Waals surface area contributed by atoms with Crippen molar-refractivity contribution in [3.05, 3.63) is 59.7 Å². The van der Waals surface area contributed by atoms with Crippen LogP contribution in [0.15, 0.2) is 53.4 Å². The molecule has 2 aromatic rings. The highest BCUT2D eigenvalue weighted by Crippen LogP contribution is 2.30. The summed E-state index contributed by atoms with van der Waals surface area (Å²) in [6, 6.07) is 12.3. The first kappa shape index (κ1) is 15.2. The number of hydrogen-bond acceptors (Lipinski definition) is 6.